The van der Waals surface area contributed by atoms with Crippen LogP contribution in [0, 0.1) is 0 Å². The van der Waals surface area contributed by atoms with Gasteiger partial charge in [0.15, 0.2) is 6.61 Å². The van der Waals surface area contributed by atoms with Gasteiger partial charge in [0.05, 0.1) is 10.6 Å². The van der Waals surface area contributed by atoms with Crippen molar-refractivity contribution in [2.75, 3.05) is 6.61 Å². The summed E-state index contributed by atoms with van der Waals surface area (Å²) in [7, 11) is 1.67. The van der Waals surface area contributed by atoms with Gasteiger partial charge < -0.3 is 14.0 Å². The van der Waals surface area contributed by atoms with E-state index in [1.54, 1.807) is 13.2 Å². The van der Waals surface area contributed by atoms with Crippen LogP contribution in [0.15, 0.2) is 21.5 Å². The largest absolute Gasteiger partial charge is 0.489 e. The third-order valence-corrected chi connectivity index (χ3v) is 4.83. The van der Waals surface area contributed by atoms with Crippen LogP contribution in [0.5, 0.6) is 5.75 Å². The van der Waals surface area contributed by atoms with Gasteiger partial charge in [-0.05, 0) is 41.6 Å². The Labute approximate surface area is 141 Å². The number of aromatic nitrogens is 1. The molecule has 1 aromatic rings. The van der Waals surface area contributed by atoms with E-state index >= 15 is 0 Å². The van der Waals surface area contributed by atoms with Crippen LogP contribution in [0.2, 0.25) is 0 Å². The predicted octanol–water partition coefficient (Wildman–Crippen LogP) is 1.82. The summed E-state index contributed by atoms with van der Waals surface area (Å²) in [6.45, 7) is -0.157. The Bertz CT molecular complexity index is 678. The molecule has 0 bridgehead atoms. The molecule has 1 saturated carbocycles. The van der Waals surface area contributed by atoms with Crippen molar-refractivity contribution in [1.29, 1.82) is 0 Å². The molecule has 7 nitrogen and oxygen atoms in total. The molecule has 1 aromatic heterocycles. The molecule has 1 aliphatic carbocycles. The second kappa shape index (κ2) is 6.35. The van der Waals surface area contributed by atoms with Crippen molar-refractivity contribution in [2.45, 2.75) is 37.8 Å². The maximum atomic E-state index is 11.7. The van der Waals surface area contributed by atoms with Gasteiger partial charge in [-0.25, -0.2) is 9.69 Å². The quantitative estimate of drug-likeness (QED) is 0.793. The highest BCUT2D eigenvalue weighted by atomic mass is 79.9. The average Bonchev–Trinajstić information content (AvgIpc) is 2.85. The average molecular weight is 385 g/mol. The van der Waals surface area contributed by atoms with E-state index in [0.717, 1.165) is 4.47 Å². The number of carbonyl (C=O) groups is 2. The number of ether oxygens (including phenoxy) is 2. The molecular formula is C15H17BrN2O5. The number of hydrogen-bond acceptors (Lipinski definition) is 5. The molecule has 1 aliphatic heterocycles. The van der Waals surface area contributed by atoms with Crippen LogP contribution in [-0.4, -0.2) is 40.2 Å². The number of cyclic esters (lactones) is 1. The normalized spacial score (nSPS) is 24.7. The molecule has 2 aliphatic rings. The van der Waals surface area contributed by atoms with Gasteiger partial charge in [0, 0.05) is 25.4 Å². The summed E-state index contributed by atoms with van der Waals surface area (Å²) in [5, 5.41) is 0. The number of halogens is 1. The summed E-state index contributed by atoms with van der Waals surface area (Å²) in [6.07, 6.45) is 3.86. The third kappa shape index (κ3) is 3.26. The lowest BCUT2D eigenvalue weighted by atomic mass is 9.92. The van der Waals surface area contributed by atoms with Gasteiger partial charge in [0.2, 0.25) is 0 Å². The highest BCUT2D eigenvalue weighted by molar-refractivity contribution is 9.10. The summed E-state index contributed by atoms with van der Waals surface area (Å²) in [5.74, 6) is 0.252. The van der Waals surface area contributed by atoms with Gasteiger partial charge in [-0.15, -0.1) is 0 Å². The zero-order chi connectivity index (χ0) is 16.6. The molecule has 23 heavy (non-hydrogen) atoms. The lowest BCUT2D eigenvalue weighted by molar-refractivity contribution is -0.128. The maximum absolute atomic E-state index is 11.7. The number of rotatable bonds is 3. The molecular weight excluding hydrogens is 368 g/mol. The maximum Gasteiger partial charge on any atom is 0.417 e. The number of hydrogen-bond donors (Lipinski definition) is 0. The van der Waals surface area contributed by atoms with Gasteiger partial charge in [0.25, 0.3) is 11.5 Å². The van der Waals surface area contributed by atoms with E-state index in [9.17, 15) is 14.4 Å². The third-order valence-electron chi connectivity index (χ3n) is 4.23. The first-order chi connectivity index (χ1) is 11.0. The van der Waals surface area contributed by atoms with E-state index < -0.39 is 6.09 Å². The first-order valence-corrected chi connectivity index (χ1v) is 8.26. The molecule has 1 saturated heterocycles. The van der Waals surface area contributed by atoms with Gasteiger partial charge in [-0.3, -0.25) is 9.59 Å². The molecule has 2 fully saturated rings. The number of nitrogens with zero attached hydrogens (tertiary/aromatic N) is 2. The van der Waals surface area contributed by atoms with Gasteiger partial charge in [-0.2, -0.15) is 0 Å². The molecule has 2 amide bonds. The van der Waals surface area contributed by atoms with Gasteiger partial charge >= 0.3 is 6.09 Å². The SMILES string of the molecule is Cn1cc(Br)c(OC2CCC(N3C(=O)COC3=O)CC2)cc1=O. The zero-order valence-corrected chi connectivity index (χ0v) is 14.2. The van der Waals surface area contributed by atoms with Crippen LogP contribution in [0.3, 0.4) is 0 Å². The number of imide groups is 1. The molecule has 0 atom stereocenters. The molecule has 124 valence electrons. The van der Waals surface area contributed by atoms with E-state index in [2.05, 4.69) is 15.9 Å². The highest BCUT2D eigenvalue weighted by Gasteiger charge is 2.39. The summed E-state index contributed by atoms with van der Waals surface area (Å²) >= 11 is 3.39. The first-order valence-electron chi connectivity index (χ1n) is 7.47. The summed E-state index contributed by atoms with van der Waals surface area (Å²) < 4.78 is 12.9. The summed E-state index contributed by atoms with van der Waals surface area (Å²) in [5.41, 5.74) is -0.137. The van der Waals surface area contributed by atoms with Crippen molar-refractivity contribution in [3.8, 4) is 5.75 Å². The van der Waals surface area contributed by atoms with Crippen LogP contribution < -0.4 is 10.3 Å². The first kappa shape index (κ1) is 16.0. The van der Waals surface area contributed by atoms with E-state index in [4.69, 9.17) is 9.47 Å². The van der Waals surface area contributed by atoms with Crippen molar-refractivity contribution >= 4 is 27.9 Å². The standard InChI is InChI=1S/C15H17BrN2O5/c1-17-7-11(16)12(6-13(17)19)23-10-4-2-9(3-5-10)18-14(20)8-22-15(18)21/h6-7,9-10H,2-5,8H2,1H3. The fourth-order valence-electron chi connectivity index (χ4n) is 2.99. The minimum atomic E-state index is -0.548. The van der Waals surface area contributed by atoms with Crippen molar-refractivity contribution in [3.05, 3.63) is 27.1 Å². The monoisotopic (exact) mass is 384 g/mol. The molecule has 0 unspecified atom stereocenters. The Morgan fingerprint density at radius 2 is 1.91 bits per heavy atom. The van der Waals surface area contributed by atoms with Crippen LogP contribution in [0.25, 0.3) is 0 Å². The lowest BCUT2D eigenvalue weighted by Gasteiger charge is -2.32. The second-order valence-corrected chi connectivity index (χ2v) is 6.66. The van der Waals surface area contributed by atoms with E-state index in [1.807, 2.05) is 0 Å². The Balaban J connectivity index is 1.61. The lowest BCUT2D eigenvalue weighted by Crippen LogP contribution is -2.43. The Hall–Kier alpha value is -1.83. The van der Waals surface area contributed by atoms with Crippen molar-refractivity contribution in [3.63, 3.8) is 0 Å². The van der Waals surface area contributed by atoms with Crippen LogP contribution in [-0.2, 0) is 16.6 Å². The zero-order valence-electron chi connectivity index (χ0n) is 12.7. The van der Waals surface area contributed by atoms with Crippen molar-refractivity contribution < 1.29 is 19.1 Å². The van der Waals surface area contributed by atoms with E-state index in [0.29, 0.717) is 31.4 Å². The molecule has 2 heterocycles. The molecule has 0 spiro atoms. The molecule has 0 aromatic carbocycles. The molecule has 3 rings (SSSR count). The molecule has 0 radical (unpaired) electrons. The Kier molecular flexibility index (Phi) is 4.43. The highest BCUT2D eigenvalue weighted by Crippen LogP contribution is 2.30. The predicted molar refractivity (Wildman–Crippen MR) is 84.2 cm³/mol. The van der Waals surface area contributed by atoms with Crippen molar-refractivity contribution in [1.82, 2.24) is 9.47 Å². The number of aryl methyl sites for hydroxylation is 1. The summed E-state index contributed by atoms with van der Waals surface area (Å²) in [4.78, 5) is 36.2. The minimum absolute atomic E-state index is 0.0385. The minimum Gasteiger partial charge on any atom is -0.489 e. The van der Waals surface area contributed by atoms with Gasteiger partial charge in [-0.1, -0.05) is 0 Å². The van der Waals surface area contributed by atoms with Gasteiger partial charge in [0.1, 0.15) is 5.75 Å². The van der Waals surface area contributed by atoms with E-state index in [-0.39, 0.29) is 30.2 Å². The van der Waals surface area contributed by atoms with Crippen LogP contribution >= 0.6 is 15.9 Å². The van der Waals surface area contributed by atoms with Crippen LogP contribution in [0.1, 0.15) is 25.7 Å². The molecule has 0 N–H and O–H groups in total. The number of amides is 2. The number of carbonyl (C=O) groups excluding carboxylic acids is 2. The Morgan fingerprint density at radius 3 is 2.52 bits per heavy atom. The number of pyridine rings is 1. The van der Waals surface area contributed by atoms with E-state index in [1.165, 1.54) is 15.5 Å². The van der Waals surface area contributed by atoms with Crippen LogP contribution in [0.4, 0.5) is 4.79 Å². The fourth-order valence-corrected chi connectivity index (χ4v) is 3.50. The second-order valence-electron chi connectivity index (χ2n) is 5.80. The smallest absolute Gasteiger partial charge is 0.417 e. The Morgan fingerprint density at radius 1 is 1.22 bits per heavy atom. The summed E-state index contributed by atoms with van der Waals surface area (Å²) in [6, 6.07) is 1.33. The fraction of sp³-hybridized carbons (Fsp3) is 0.533. The topological polar surface area (TPSA) is 77.8 Å². The molecule has 8 heteroatoms. The van der Waals surface area contributed by atoms with Crippen molar-refractivity contribution in [2.24, 2.45) is 7.05 Å².